The lowest BCUT2D eigenvalue weighted by Crippen LogP contribution is -2.60. The average molecular weight is 389 g/mol. The summed E-state index contributed by atoms with van der Waals surface area (Å²) in [5, 5.41) is 10.4. The Kier molecular flexibility index (Phi) is 4.98. The van der Waals surface area contributed by atoms with Gasteiger partial charge in [0.2, 0.25) is 11.8 Å². The van der Waals surface area contributed by atoms with Gasteiger partial charge in [-0.2, -0.15) is 5.10 Å². The van der Waals surface area contributed by atoms with Gasteiger partial charge in [-0.1, -0.05) is 13.8 Å². The summed E-state index contributed by atoms with van der Waals surface area (Å²) in [6.07, 6.45) is 7.78. The SMILES string of the molecule is CC(=O)N[C@H]1C(C)(C)[C@@H]2C[C@@H]3[C@@H](CCNC(=O)Cn4cccn4)OCC[C@@]31C2. The van der Waals surface area contributed by atoms with Gasteiger partial charge in [0, 0.05) is 38.5 Å². The van der Waals surface area contributed by atoms with Crippen molar-refractivity contribution in [3.8, 4) is 0 Å². The minimum Gasteiger partial charge on any atom is -0.378 e. The first-order chi connectivity index (χ1) is 13.3. The molecule has 1 aliphatic heterocycles. The van der Waals surface area contributed by atoms with Crippen molar-refractivity contribution in [3.05, 3.63) is 18.5 Å². The van der Waals surface area contributed by atoms with E-state index in [2.05, 4.69) is 29.6 Å². The number of nitrogens with one attached hydrogen (secondary N) is 2. The Morgan fingerprint density at radius 3 is 2.89 bits per heavy atom. The van der Waals surface area contributed by atoms with Gasteiger partial charge in [0.15, 0.2) is 0 Å². The average Bonchev–Trinajstić information content (AvgIpc) is 3.31. The maximum absolute atomic E-state index is 12.1. The number of amides is 2. The van der Waals surface area contributed by atoms with Crippen LogP contribution in [0.3, 0.4) is 0 Å². The number of nitrogens with zero attached hydrogens (tertiary/aromatic N) is 2. The second kappa shape index (κ2) is 7.17. The maximum atomic E-state index is 12.1. The van der Waals surface area contributed by atoms with Crippen LogP contribution >= 0.6 is 0 Å². The van der Waals surface area contributed by atoms with E-state index in [0.29, 0.717) is 18.4 Å². The van der Waals surface area contributed by atoms with Crippen molar-refractivity contribution in [2.75, 3.05) is 13.2 Å². The number of fused-ring (bicyclic) bond motifs is 1. The van der Waals surface area contributed by atoms with Gasteiger partial charge in [-0.25, -0.2) is 0 Å². The van der Waals surface area contributed by atoms with Gasteiger partial charge in [-0.3, -0.25) is 14.3 Å². The molecule has 2 N–H and O–H groups in total. The third kappa shape index (κ3) is 3.23. The van der Waals surface area contributed by atoms with Gasteiger partial charge in [0.05, 0.1) is 6.10 Å². The molecule has 1 saturated heterocycles. The number of ether oxygens (including phenoxy) is 1. The van der Waals surface area contributed by atoms with Crippen molar-refractivity contribution >= 4 is 11.8 Å². The molecule has 1 spiro atoms. The molecule has 0 radical (unpaired) electrons. The summed E-state index contributed by atoms with van der Waals surface area (Å²) < 4.78 is 7.79. The van der Waals surface area contributed by atoms with E-state index in [1.807, 2.05) is 6.07 Å². The molecule has 154 valence electrons. The molecule has 3 aliphatic rings. The van der Waals surface area contributed by atoms with Crippen LogP contribution in [0.1, 0.15) is 46.5 Å². The number of hydrogen-bond donors (Lipinski definition) is 2. The van der Waals surface area contributed by atoms with Crippen molar-refractivity contribution in [2.24, 2.45) is 22.7 Å². The van der Waals surface area contributed by atoms with E-state index in [9.17, 15) is 9.59 Å². The van der Waals surface area contributed by atoms with Crippen molar-refractivity contribution in [3.63, 3.8) is 0 Å². The monoisotopic (exact) mass is 388 g/mol. The molecule has 0 aromatic carbocycles. The molecule has 28 heavy (non-hydrogen) atoms. The minimum atomic E-state index is -0.0283. The summed E-state index contributed by atoms with van der Waals surface area (Å²) in [6.45, 7) is 7.83. The normalized spacial score (nSPS) is 35.4. The largest absolute Gasteiger partial charge is 0.378 e. The Bertz CT molecular complexity index is 732. The van der Waals surface area contributed by atoms with Crippen LogP contribution in [-0.2, 0) is 20.9 Å². The lowest BCUT2D eigenvalue weighted by Gasteiger charge is -2.53. The molecule has 5 atom stereocenters. The van der Waals surface area contributed by atoms with Crippen LogP contribution < -0.4 is 10.6 Å². The molecule has 7 heteroatoms. The molecule has 2 amide bonds. The van der Waals surface area contributed by atoms with Crippen molar-refractivity contribution in [2.45, 2.75) is 65.1 Å². The fourth-order valence-electron chi connectivity index (χ4n) is 6.35. The summed E-state index contributed by atoms with van der Waals surface area (Å²) >= 11 is 0. The van der Waals surface area contributed by atoms with Gasteiger partial charge < -0.3 is 15.4 Å². The molecule has 3 fully saturated rings. The number of rotatable bonds is 6. The lowest BCUT2D eigenvalue weighted by molar-refractivity contribution is -0.136. The summed E-state index contributed by atoms with van der Waals surface area (Å²) in [7, 11) is 0. The molecule has 4 rings (SSSR count). The fraction of sp³-hybridized carbons (Fsp3) is 0.762. The zero-order chi connectivity index (χ0) is 19.9. The number of hydrogen-bond acceptors (Lipinski definition) is 4. The summed E-state index contributed by atoms with van der Waals surface area (Å²) in [5.74, 6) is 1.11. The molecule has 2 saturated carbocycles. The van der Waals surface area contributed by atoms with E-state index in [-0.39, 0.29) is 41.3 Å². The Hall–Kier alpha value is -1.89. The number of aromatic nitrogens is 2. The summed E-state index contributed by atoms with van der Waals surface area (Å²) in [5.41, 5.74) is 0.268. The topological polar surface area (TPSA) is 85.3 Å². The van der Waals surface area contributed by atoms with Crippen molar-refractivity contribution in [1.29, 1.82) is 0 Å². The third-order valence-electron chi connectivity index (χ3n) is 7.59. The van der Waals surface area contributed by atoms with Gasteiger partial charge in [0.1, 0.15) is 6.54 Å². The second-order valence-electron chi connectivity index (χ2n) is 9.43. The molecule has 2 bridgehead atoms. The first-order valence-electron chi connectivity index (χ1n) is 10.5. The molecule has 7 nitrogen and oxygen atoms in total. The van der Waals surface area contributed by atoms with Gasteiger partial charge in [-0.05, 0) is 54.4 Å². The Labute approximate surface area is 166 Å². The molecule has 1 aromatic rings. The zero-order valence-electron chi connectivity index (χ0n) is 17.1. The molecule has 1 aromatic heterocycles. The first-order valence-corrected chi connectivity index (χ1v) is 10.5. The van der Waals surface area contributed by atoms with E-state index in [4.69, 9.17) is 4.74 Å². The standard InChI is InChI=1S/C21H32N4O3/c1-14(26)24-19-20(2,3)15-11-16-17(28-10-6-21(16,19)12-15)5-8-22-18(27)13-25-9-4-7-23-25/h4,7,9,15-17,19H,5-6,8,10-13H2,1-3H3,(H,22,27)(H,24,26)/t15-,16-,17-,19+,21-/m1/s1. The van der Waals surface area contributed by atoms with Gasteiger partial charge >= 0.3 is 0 Å². The van der Waals surface area contributed by atoms with Crippen LogP contribution in [0.15, 0.2) is 18.5 Å². The molecule has 0 unspecified atom stereocenters. The fourth-order valence-corrected chi connectivity index (χ4v) is 6.35. The summed E-state index contributed by atoms with van der Waals surface area (Å²) in [6, 6.07) is 2.02. The maximum Gasteiger partial charge on any atom is 0.241 e. The smallest absolute Gasteiger partial charge is 0.241 e. The Balaban J connectivity index is 1.38. The third-order valence-corrected chi connectivity index (χ3v) is 7.59. The van der Waals surface area contributed by atoms with E-state index in [0.717, 1.165) is 25.9 Å². The summed E-state index contributed by atoms with van der Waals surface area (Å²) in [4.78, 5) is 24.0. The number of carbonyl (C=O) groups excluding carboxylic acids is 2. The highest BCUT2D eigenvalue weighted by molar-refractivity contribution is 5.75. The van der Waals surface area contributed by atoms with Crippen LogP contribution in [0, 0.1) is 22.7 Å². The highest BCUT2D eigenvalue weighted by Crippen LogP contribution is 2.68. The zero-order valence-corrected chi connectivity index (χ0v) is 17.1. The van der Waals surface area contributed by atoms with E-state index >= 15 is 0 Å². The first kappa shape index (κ1) is 19.4. The van der Waals surface area contributed by atoms with Crippen LogP contribution in [0.5, 0.6) is 0 Å². The molecule has 2 heterocycles. The highest BCUT2D eigenvalue weighted by atomic mass is 16.5. The predicted molar refractivity (Wildman–Crippen MR) is 104 cm³/mol. The second-order valence-corrected chi connectivity index (χ2v) is 9.43. The van der Waals surface area contributed by atoms with Crippen LogP contribution in [0.2, 0.25) is 0 Å². The van der Waals surface area contributed by atoms with Crippen LogP contribution in [-0.4, -0.2) is 46.9 Å². The molecule has 2 aliphatic carbocycles. The van der Waals surface area contributed by atoms with Crippen LogP contribution in [0.25, 0.3) is 0 Å². The van der Waals surface area contributed by atoms with Crippen molar-refractivity contribution in [1.82, 2.24) is 20.4 Å². The minimum absolute atomic E-state index is 0.0283. The van der Waals surface area contributed by atoms with Gasteiger partial charge in [-0.15, -0.1) is 0 Å². The highest BCUT2D eigenvalue weighted by Gasteiger charge is 2.68. The van der Waals surface area contributed by atoms with E-state index < -0.39 is 0 Å². The van der Waals surface area contributed by atoms with Crippen LogP contribution in [0.4, 0.5) is 0 Å². The predicted octanol–water partition coefficient (Wildman–Crippen LogP) is 1.74. The van der Waals surface area contributed by atoms with E-state index in [1.54, 1.807) is 24.0 Å². The lowest BCUT2D eigenvalue weighted by atomic mass is 9.59. The Morgan fingerprint density at radius 2 is 2.18 bits per heavy atom. The quantitative estimate of drug-likeness (QED) is 0.777. The van der Waals surface area contributed by atoms with E-state index in [1.165, 1.54) is 6.42 Å². The Morgan fingerprint density at radius 1 is 1.36 bits per heavy atom. The van der Waals surface area contributed by atoms with Gasteiger partial charge in [0.25, 0.3) is 0 Å². The molecular weight excluding hydrogens is 356 g/mol. The van der Waals surface area contributed by atoms with Crippen molar-refractivity contribution < 1.29 is 14.3 Å². The number of carbonyl (C=O) groups is 2. The molecular formula is C21H32N4O3.